The van der Waals surface area contributed by atoms with Gasteiger partial charge in [-0.3, -0.25) is 9.89 Å². The minimum Gasteiger partial charge on any atom is -0.337 e. The number of aromatic amines is 1. The fraction of sp³-hybridized carbons (Fsp3) is 0.692. The van der Waals surface area contributed by atoms with Gasteiger partial charge in [0, 0.05) is 13.1 Å². The molecular formula is C13H21F2N3O. The molecule has 1 rings (SSSR count). The van der Waals surface area contributed by atoms with E-state index < -0.39 is 6.43 Å². The van der Waals surface area contributed by atoms with Gasteiger partial charge in [-0.05, 0) is 18.9 Å². The van der Waals surface area contributed by atoms with Crippen LogP contribution in [-0.4, -0.2) is 34.1 Å². The van der Waals surface area contributed by atoms with E-state index in [0.29, 0.717) is 19.0 Å². The average molecular weight is 273 g/mol. The smallest absolute Gasteiger partial charge is 0.279 e. The maximum atomic E-state index is 12.4. The van der Waals surface area contributed by atoms with Crippen LogP contribution in [0.25, 0.3) is 0 Å². The normalized spacial score (nSPS) is 11.3. The molecule has 4 nitrogen and oxygen atoms in total. The maximum absolute atomic E-state index is 12.4. The monoisotopic (exact) mass is 273 g/mol. The van der Waals surface area contributed by atoms with Crippen LogP contribution in [0.2, 0.25) is 0 Å². The number of alkyl halides is 2. The number of nitrogens with zero attached hydrogens (tertiary/aromatic N) is 2. The first-order valence-corrected chi connectivity index (χ1v) is 6.66. The lowest BCUT2D eigenvalue weighted by Gasteiger charge is -2.24. The minimum absolute atomic E-state index is 0.0584. The molecule has 0 unspecified atom stereocenters. The molecule has 0 atom stereocenters. The van der Waals surface area contributed by atoms with Gasteiger partial charge in [-0.15, -0.1) is 0 Å². The molecule has 0 bridgehead atoms. The predicted octanol–water partition coefficient (Wildman–Crippen LogP) is 3.25. The van der Waals surface area contributed by atoms with E-state index in [0.717, 1.165) is 18.9 Å². The lowest BCUT2D eigenvalue weighted by Crippen LogP contribution is -2.35. The van der Waals surface area contributed by atoms with Crippen molar-refractivity contribution in [3.05, 3.63) is 17.5 Å². The standard InChI is InChI=1S/C13H21F2N3O/c1-4-9(5-2)8-18(6-3)13(19)11-7-10(12(14)15)16-17-11/h7,9,12H,4-6,8H2,1-3H3,(H,16,17). The zero-order valence-electron chi connectivity index (χ0n) is 11.6. The fourth-order valence-electron chi connectivity index (χ4n) is 1.93. The predicted molar refractivity (Wildman–Crippen MR) is 69.2 cm³/mol. The van der Waals surface area contributed by atoms with Crippen LogP contribution < -0.4 is 0 Å². The number of carbonyl (C=O) groups is 1. The highest BCUT2D eigenvalue weighted by Gasteiger charge is 2.21. The number of carbonyl (C=O) groups excluding carboxylic acids is 1. The summed E-state index contributed by atoms with van der Waals surface area (Å²) in [5.41, 5.74) is -0.259. The molecule has 0 spiro atoms. The molecule has 0 aliphatic rings. The summed E-state index contributed by atoms with van der Waals surface area (Å²) < 4.78 is 24.9. The molecule has 0 saturated carbocycles. The van der Waals surface area contributed by atoms with Crippen molar-refractivity contribution in [2.75, 3.05) is 13.1 Å². The molecule has 0 radical (unpaired) electrons. The summed E-state index contributed by atoms with van der Waals surface area (Å²) in [4.78, 5) is 13.8. The van der Waals surface area contributed by atoms with Crippen LogP contribution in [0, 0.1) is 5.92 Å². The molecule has 19 heavy (non-hydrogen) atoms. The third kappa shape index (κ3) is 4.01. The van der Waals surface area contributed by atoms with Crippen molar-refractivity contribution in [2.45, 2.75) is 40.0 Å². The number of H-pyrrole nitrogens is 1. The van der Waals surface area contributed by atoms with Gasteiger partial charge in [0.2, 0.25) is 0 Å². The zero-order chi connectivity index (χ0) is 14.4. The first kappa shape index (κ1) is 15.6. The largest absolute Gasteiger partial charge is 0.337 e. The van der Waals surface area contributed by atoms with Crippen LogP contribution in [0.15, 0.2) is 6.07 Å². The first-order valence-electron chi connectivity index (χ1n) is 6.66. The molecule has 1 amide bonds. The molecular weight excluding hydrogens is 252 g/mol. The van der Waals surface area contributed by atoms with Gasteiger partial charge in [0.05, 0.1) is 0 Å². The van der Waals surface area contributed by atoms with Gasteiger partial charge in [-0.25, -0.2) is 8.78 Å². The second kappa shape index (κ2) is 7.21. The van der Waals surface area contributed by atoms with Crippen LogP contribution in [0.5, 0.6) is 0 Å². The van der Waals surface area contributed by atoms with E-state index >= 15 is 0 Å². The van der Waals surface area contributed by atoms with Crippen LogP contribution in [0.1, 0.15) is 56.2 Å². The Morgan fingerprint density at radius 1 is 1.37 bits per heavy atom. The van der Waals surface area contributed by atoms with E-state index in [1.165, 1.54) is 0 Å². The lowest BCUT2D eigenvalue weighted by molar-refractivity contribution is 0.0729. The van der Waals surface area contributed by atoms with Crippen molar-refractivity contribution < 1.29 is 13.6 Å². The summed E-state index contributed by atoms with van der Waals surface area (Å²) in [6.45, 7) is 7.22. The summed E-state index contributed by atoms with van der Waals surface area (Å²) in [6.07, 6.45) is -0.658. The van der Waals surface area contributed by atoms with Crippen LogP contribution in [0.4, 0.5) is 8.78 Å². The van der Waals surface area contributed by atoms with Crippen molar-refractivity contribution in [3.63, 3.8) is 0 Å². The quantitative estimate of drug-likeness (QED) is 0.829. The zero-order valence-corrected chi connectivity index (χ0v) is 11.6. The first-order chi connectivity index (χ1) is 9.03. The summed E-state index contributed by atoms with van der Waals surface area (Å²) in [5.74, 6) is 0.134. The highest BCUT2D eigenvalue weighted by Crippen LogP contribution is 2.18. The van der Waals surface area contributed by atoms with Crippen molar-refractivity contribution in [1.82, 2.24) is 15.1 Å². The molecule has 0 aliphatic heterocycles. The van der Waals surface area contributed by atoms with Gasteiger partial charge in [-0.1, -0.05) is 26.7 Å². The Bertz CT molecular complexity index is 402. The average Bonchev–Trinajstić information content (AvgIpc) is 2.89. The van der Waals surface area contributed by atoms with E-state index in [1.807, 2.05) is 6.92 Å². The van der Waals surface area contributed by atoms with Crippen molar-refractivity contribution in [1.29, 1.82) is 0 Å². The number of amides is 1. The number of rotatable bonds is 7. The van der Waals surface area contributed by atoms with E-state index in [-0.39, 0.29) is 17.3 Å². The van der Waals surface area contributed by atoms with Gasteiger partial charge < -0.3 is 4.90 Å². The van der Waals surface area contributed by atoms with E-state index in [4.69, 9.17) is 0 Å². The fourth-order valence-corrected chi connectivity index (χ4v) is 1.93. The summed E-state index contributed by atoms with van der Waals surface area (Å²) in [7, 11) is 0. The molecule has 6 heteroatoms. The van der Waals surface area contributed by atoms with Crippen LogP contribution in [-0.2, 0) is 0 Å². The van der Waals surface area contributed by atoms with Crippen LogP contribution in [0.3, 0.4) is 0 Å². The molecule has 108 valence electrons. The molecule has 1 aromatic rings. The third-order valence-corrected chi connectivity index (χ3v) is 3.35. The topological polar surface area (TPSA) is 49.0 Å². The van der Waals surface area contributed by atoms with Crippen molar-refractivity contribution in [3.8, 4) is 0 Å². The summed E-state index contributed by atoms with van der Waals surface area (Å²) >= 11 is 0. The maximum Gasteiger partial charge on any atom is 0.279 e. The highest BCUT2D eigenvalue weighted by molar-refractivity contribution is 5.92. The SMILES string of the molecule is CCC(CC)CN(CC)C(=O)c1cc(C(F)F)[nH]n1. The molecule has 1 aromatic heterocycles. The van der Waals surface area contributed by atoms with Gasteiger partial charge in [-0.2, -0.15) is 5.10 Å². The minimum atomic E-state index is -2.64. The lowest BCUT2D eigenvalue weighted by atomic mass is 10.0. The number of halogens is 2. The van der Waals surface area contributed by atoms with E-state index in [1.54, 1.807) is 4.90 Å². The Morgan fingerprint density at radius 2 is 2.00 bits per heavy atom. The highest BCUT2D eigenvalue weighted by atomic mass is 19.3. The number of hydrogen-bond acceptors (Lipinski definition) is 2. The number of hydrogen-bond donors (Lipinski definition) is 1. The second-order valence-corrected chi connectivity index (χ2v) is 4.54. The molecule has 0 aliphatic carbocycles. The molecule has 0 saturated heterocycles. The Kier molecular flexibility index (Phi) is 5.92. The summed E-state index contributed by atoms with van der Waals surface area (Å²) in [6, 6.07) is 1.13. The van der Waals surface area contributed by atoms with Gasteiger partial charge in [0.15, 0.2) is 5.69 Å². The number of aromatic nitrogens is 2. The van der Waals surface area contributed by atoms with Gasteiger partial charge in [0.1, 0.15) is 5.69 Å². The van der Waals surface area contributed by atoms with Crippen LogP contribution >= 0.6 is 0 Å². The summed E-state index contributed by atoms with van der Waals surface area (Å²) in [5, 5.41) is 5.87. The Hall–Kier alpha value is -1.46. The van der Waals surface area contributed by atoms with Crippen molar-refractivity contribution >= 4 is 5.91 Å². The Morgan fingerprint density at radius 3 is 2.42 bits per heavy atom. The Balaban J connectivity index is 2.77. The third-order valence-electron chi connectivity index (χ3n) is 3.35. The molecule has 1 heterocycles. The molecule has 1 N–H and O–H groups in total. The van der Waals surface area contributed by atoms with Gasteiger partial charge >= 0.3 is 0 Å². The molecule has 0 aromatic carbocycles. The van der Waals surface area contributed by atoms with Gasteiger partial charge in [0.25, 0.3) is 12.3 Å². The second-order valence-electron chi connectivity index (χ2n) is 4.54. The molecule has 0 fully saturated rings. The number of nitrogens with one attached hydrogen (secondary N) is 1. The van der Waals surface area contributed by atoms with E-state index in [9.17, 15) is 13.6 Å². The van der Waals surface area contributed by atoms with E-state index in [2.05, 4.69) is 24.0 Å². The van der Waals surface area contributed by atoms with Crippen molar-refractivity contribution in [2.24, 2.45) is 5.92 Å². The Labute approximate surface area is 112 Å².